The molecule has 0 bridgehead atoms. The van der Waals surface area contributed by atoms with Gasteiger partial charge in [0.15, 0.2) is 11.5 Å². The van der Waals surface area contributed by atoms with Crippen LogP contribution in [0.15, 0.2) is 42.5 Å². The van der Waals surface area contributed by atoms with Crippen LogP contribution in [0.2, 0.25) is 0 Å². The maximum absolute atomic E-state index is 12.4. The second-order valence-corrected chi connectivity index (χ2v) is 7.30. The molecule has 1 aliphatic rings. The Hall–Kier alpha value is -2.73. The van der Waals surface area contributed by atoms with Crippen molar-refractivity contribution in [3.8, 4) is 17.2 Å². The third-order valence-corrected chi connectivity index (χ3v) is 4.62. The van der Waals surface area contributed by atoms with Gasteiger partial charge >= 0.3 is 0 Å². The van der Waals surface area contributed by atoms with E-state index in [0.29, 0.717) is 30.2 Å². The molecule has 2 aromatic rings. The van der Waals surface area contributed by atoms with Gasteiger partial charge in [0.25, 0.3) is 5.91 Å². The molecule has 1 unspecified atom stereocenters. The number of amides is 1. The number of carbonyl (C=O) groups excluding carboxylic acids is 1. The molecule has 29 heavy (non-hydrogen) atoms. The smallest absolute Gasteiger partial charge is 0.251 e. The van der Waals surface area contributed by atoms with E-state index >= 15 is 0 Å². The van der Waals surface area contributed by atoms with E-state index in [0.717, 1.165) is 30.8 Å². The molecule has 0 aliphatic carbocycles. The van der Waals surface area contributed by atoms with Gasteiger partial charge in [0.05, 0.1) is 19.3 Å². The van der Waals surface area contributed by atoms with E-state index in [-0.39, 0.29) is 18.1 Å². The fourth-order valence-corrected chi connectivity index (χ4v) is 3.14. The van der Waals surface area contributed by atoms with E-state index in [4.69, 9.17) is 18.9 Å². The van der Waals surface area contributed by atoms with Crippen molar-refractivity contribution in [2.45, 2.75) is 45.4 Å². The maximum Gasteiger partial charge on any atom is 0.251 e. The predicted octanol–water partition coefficient (Wildman–Crippen LogP) is 3.97. The number of rotatable bonds is 9. The van der Waals surface area contributed by atoms with Gasteiger partial charge in [0, 0.05) is 18.7 Å². The van der Waals surface area contributed by atoms with Crippen molar-refractivity contribution in [3.05, 3.63) is 53.6 Å². The highest BCUT2D eigenvalue weighted by molar-refractivity contribution is 5.94. The van der Waals surface area contributed by atoms with Crippen molar-refractivity contribution in [3.63, 3.8) is 0 Å². The minimum atomic E-state index is -0.140. The summed E-state index contributed by atoms with van der Waals surface area (Å²) in [6, 6.07) is 12.8. The summed E-state index contributed by atoms with van der Waals surface area (Å²) in [7, 11) is 1.61. The summed E-state index contributed by atoms with van der Waals surface area (Å²) < 4.78 is 22.5. The highest BCUT2D eigenvalue weighted by Crippen LogP contribution is 2.29. The quantitative estimate of drug-likeness (QED) is 0.691. The van der Waals surface area contributed by atoms with Crippen LogP contribution < -0.4 is 19.5 Å². The molecule has 0 aromatic heterocycles. The molecule has 1 aliphatic heterocycles. The van der Waals surface area contributed by atoms with Gasteiger partial charge in [-0.2, -0.15) is 0 Å². The van der Waals surface area contributed by atoms with Gasteiger partial charge < -0.3 is 24.3 Å². The number of hydrogen-bond donors (Lipinski definition) is 1. The molecule has 1 saturated heterocycles. The Labute approximate surface area is 172 Å². The minimum Gasteiger partial charge on any atom is -0.493 e. The van der Waals surface area contributed by atoms with Crippen LogP contribution in [0.1, 0.15) is 42.6 Å². The summed E-state index contributed by atoms with van der Waals surface area (Å²) in [5.74, 6) is 1.93. The second-order valence-electron chi connectivity index (χ2n) is 7.30. The van der Waals surface area contributed by atoms with E-state index in [2.05, 4.69) is 5.32 Å². The largest absolute Gasteiger partial charge is 0.493 e. The molecule has 1 fully saturated rings. The lowest BCUT2D eigenvalue weighted by Crippen LogP contribution is -2.22. The molecule has 1 amide bonds. The van der Waals surface area contributed by atoms with Crippen molar-refractivity contribution in [1.82, 2.24) is 5.32 Å². The number of benzene rings is 2. The molecule has 6 heteroatoms. The Bertz CT molecular complexity index is 797. The molecule has 2 aromatic carbocycles. The van der Waals surface area contributed by atoms with Crippen LogP contribution in [-0.4, -0.2) is 38.4 Å². The molecule has 0 saturated carbocycles. The molecule has 1 atom stereocenters. The third-order valence-electron chi connectivity index (χ3n) is 4.62. The van der Waals surface area contributed by atoms with Crippen LogP contribution in [0, 0.1) is 0 Å². The van der Waals surface area contributed by atoms with Gasteiger partial charge in [-0.05, 0) is 68.7 Å². The molecule has 1 heterocycles. The summed E-state index contributed by atoms with van der Waals surface area (Å²) in [4.78, 5) is 12.4. The van der Waals surface area contributed by atoms with Gasteiger partial charge in [-0.3, -0.25) is 4.79 Å². The molecule has 6 nitrogen and oxygen atoms in total. The molecule has 0 radical (unpaired) electrons. The number of carbonyl (C=O) groups is 1. The first kappa shape index (κ1) is 21.0. The number of nitrogens with one attached hydrogen (secondary N) is 1. The topological polar surface area (TPSA) is 66.0 Å². The monoisotopic (exact) mass is 399 g/mol. The lowest BCUT2D eigenvalue weighted by molar-refractivity contribution is 0.0669. The Morgan fingerprint density at radius 3 is 2.62 bits per heavy atom. The molecular formula is C23H29NO5. The highest BCUT2D eigenvalue weighted by atomic mass is 16.5. The van der Waals surface area contributed by atoms with Crippen molar-refractivity contribution < 1.29 is 23.7 Å². The fraction of sp³-hybridized carbons (Fsp3) is 0.435. The van der Waals surface area contributed by atoms with E-state index in [1.165, 1.54) is 0 Å². The van der Waals surface area contributed by atoms with Gasteiger partial charge in [0.1, 0.15) is 12.4 Å². The average molecular weight is 399 g/mol. The molecule has 1 N–H and O–H groups in total. The summed E-state index contributed by atoms with van der Waals surface area (Å²) >= 11 is 0. The predicted molar refractivity (Wildman–Crippen MR) is 111 cm³/mol. The molecule has 3 rings (SSSR count). The summed E-state index contributed by atoms with van der Waals surface area (Å²) in [6.45, 7) is 5.65. The first-order chi connectivity index (χ1) is 14.0. The van der Waals surface area contributed by atoms with Crippen LogP contribution in [0.25, 0.3) is 0 Å². The van der Waals surface area contributed by atoms with Gasteiger partial charge in [-0.15, -0.1) is 0 Å². The standard InChI is InChI=1S/C23H29NO5/c1-16(2)29-19-9-7-18(8-10-19)23(25)24-14-17-6-11-21(22(13-17)26-3)28-15-20-5-4-12-27-20/h6-11,13,16,20H,4-5,12,14-15H2,1-3H3,(H,24,25). The van der Waals surface area contributed by atoms with Crippen LogP contribution in [0.5, 0.6) is 17.2 Å². The van der Waals surface area contributed by atoms with Crippen molar-refractivity contribution in [2.24, 2.45) is 0 Å². The molecule has 0 spiro atoms. The number of ether oxygens (including phenoxy) is 4. The Kier molecular flexibility index (Phi) is 7.36. The van der Waals surface area contributed by atoms with Crippen molar-refractivity contribution in [1.29, 1.82) is 0 Å². The van der Waals surface area contributed by atoms with Crippen LogP contribution >= 0.6 is 0 Å². The third kappa shape index (κ3) is 6.12. The SMILES string of the molecule is COc1cc(CNC(=O)c2ccc(OC(C)C)cc2)ccc1OCC1CCCO1. The zero-order valence-electron chi connectivity index (χ0n) is 17.3. The van der Waals surface area contributed by atoms with E-state index in [9.17, 15) is 4.79 Å². The van der Waals surface area contributed by atoms with E-state index in [1.807, 2.05) is 32.0 Å². The van der Waals surface area contributed by atoms with E-state index < -0.39 is 0 Å². The van der Waals surface area contributed by atoms with Crippen molar-refractivity contribution >= 4 is 5.91 Å². The highest BCUT2D eigenvalue weighted by Gasteiger charge is 2.17. The first-order valence-corrected chi connectivity index (χ1v) is 10.0. The summed E-state index contributed by atoms with van der Waals surface area (Å²) in [6.07, 6.45) is 2.35. The zero-order chi connectivity index (χ0) is 20.6. The van der Waals surface area contributed by atoms with Crippen molar-refractivity contribution in [2.75, 3.05) is 20.3 Å². The Morgan fingerprint density at radius 1 is 1.17 bits per heavy atom. The Morgan fingerprint density at radius 2 is 1.97 bits per heavy atom. The fourth-order valence-electron chi connectivity index (χ4n) is 3.14. The minimum absolute atomic E-state index is 0.0994. The van der Waals surface area contributed by atoms with Gasteiger partial charge in [0.2, 0.25) is 0 Å². The number of methoxy groups -OCH3 is 1. The second kappa shape index (κ2) is 10.2. The summed E-state index contributed by atoms with van der Waals surface area (Å²) in [5, 5.41) is 2.93. The van der Waals surface area contributed by atoms with Crippen LogP contribution in [0.4, 0.5) is 0 Å². The average Bonchev–Trinajstić information content (AvgIpc) is 3.24. The van der Waals surface area contributed by atoms with Crippen LogP contribution in [0.3, 0.4) is 0 Å². The zero-order valence-corrected chi connectivity index (χ0v) is 17.3. The lowest BCUT2D eigenvalue weighted by atomic mass is 10.1. The number of hydrogen-bond acceptors (Lipinski definition) is 5. The first-order valence-electron chi connectivity index (χ1n) is 10.0. The Balaban J connectivity index is 1.54. The molecule has 156 valence electrons. The lowest BCUT2D eigenvalue weighted by Gasteiger charge is -2.15. The van der Waals surface area contributed by atoms with Crippen LogP contribution in [-0.2, 0) is 11.3 Å². The van der Waals surface area contributed by atoms with Gasteiger partial charge in [-0.25, -0.2) is 0 Å². The normalized spacial score (nSPS) is 15.9. The van der Waals surface area contributed by atoms with Gasteiger partial charge in [-0.1, -0.05) is 6.07 Å². The van der Waals surface area contributed by atoms with E-state index in [1.54, 1.807) is 31.4 Å². The molecular weight excluding hydrogens is 370 g/mol. The summed E-state index contributed by atoms with van der Waals surface area (Å²) in [5.41, 5.74) is 1.52. The maximum atomic E-state index is 12.4.